The van der Waals surface area contributed by atoms with Gasteiger partial charge in [-0.15, -0.1) is 0 Å². The number of fused-ring (bicyclic) bond motifs is 3. The van der Waals surface area contributed by atoms with Crippen molar-refractivity contribution in [2.45, 2.75) is 56.5 Å². The maximum atomic E-state index is 13.9. The second-order valence-corrected chi connectivity index (χ2v) is 18.2. The number of hydrogen-bond donors (Lipinski definition) is 5. The molecule has 0 radical (unpaired) electrons. The van der Waals surface area contributed by atoms with Crippen LogP contribution in [0.25, 0.3) is 42.8 Å². The van der Waals surface area contributed by atoms with Crippen molar-refractivity contribution in [3.63, 3.8) is 0 Å². The van der Waals surface area contributed by atoms with Crippen LogP contribution in [0.2, 0.25) is 0 Å². The largest absolute Gasteiger partial charge is 0.465 e. The first-order valence-electron chi connectivity index (χ1n) is 25.4. The molecule has 0 amide bonds. The molecular formula is C58H40F8N16O6. The zero-order valence-electron chi connectivity index (χ0n) is 45.6. The molecule has 444 valence electrons. The Morgan fingerprint density at radius 2 is 0.818 bits per heavy atom. The summed E-state index contributed by atoms with van der Waals surface area (Å²) in [5.41, 5.74) is 10.5. The van der Waals surface area contributed by atoms with E-state index in [1.807, 2.05) is 6.07 Å². The molecule has 5 aromatic heterocycles. The fraction of sp³-hybridized carbons (Fsp3) is 0.207. The van der Waals surface area contributed by atoms with Crippen molar-refractivity contribution in [1.29, 1.82) is 21.0 Å². The van der Waals surface area contributed by atoms with Crippen LogP contribution in [-0.4, -0.2) is 77.6 Å². The van der Waals surface area contributed by atoms with Crippen molar-refractivity contribution in [2.24, 2.45) is 0 Å². The minimum Gasteiger partial charge on any atom is -0.465 e. The first-order chi connectivity index (χ1) is 42.0. The summed E-state index contributed by atoms with van der Waals surface area (Å²) in [4.78, 5) is 73.0. The van der Waals surface area contributed by atoms with Crippen molar-refractivity contribution in [3.8, 4) is 24.3 Å². The lowest BCUT2D eigenvalue weighted by Crippen LogP contribution is -2.21. The van der Waals surface area contributed by atoms with Crippen molar-refractivity contribution in [3.05, 3.63) is 194 Å². The molecule has 9 rings (SSSR count). The van der Waals surface area contributed by atoms with Gasteiger partial charge < -0.3 is 40.6 Å². The number of carbonyl (C=O) groups excluding carboxylic acids is 3. The Morgan fingerprint density at radius 1 is 0.466 bits per heavy atom. The molecule has 0 aliphatic rings. The van der Waals surface area contributed by atoms with Gasteiger partial charge in [0.25, 0.3) is 0 Å². The molecular weight excluding hydrogens is 1170 g/mol. The number of carbonyl (C=O) groups is 3. The van der Waals surface area contributed by atoms with Crippen LogP contribution >= 0.6 is 0 Å². The molecule has 30 heteroatoms. The number of nitrogen functional groups attached to an aromatic ring is 2. The highest BCUT2D eigenvalue weighted by Gasteiger charge is 2.35. The highest BCUT2D eigenvalue weighted by atomic mass is 19.2. The number of hydrogen-bond acceptors (Lipinski definition) is 17. The van der Waals surface area contributed by atoms with Crippen LogP contribution in [-0.2, 0) is 28.6 Å². The molecule has 7 N–H and O–H groups in total. The number of esters is 3. The lowest BCUT2D eigenvalue weighted by atomic mass is 9.94. The maximum Gasteiger partial charge on any atom is 0.395 e. The van der Waals surface area contributed by atoms with E-state index in [4.69, 9.17) is 38.8 Å². The van der Waals surface area contributed by atoms with Crippen LogP contribution in [0.1, 0.15) is 108 Å². The molecule has 4 aromatic carbocycles. The van der Waals surface area contributed by atoms with Gasteiger partial charge in [-0.25, -0.2) is 73.0 Å². The Bertz CT molecular complexity index is 3880. The first kappa shape index (κ1) is 63.6. The normalized spacial score (nSPS) is 12.7. The molecule has 0 aliphatic carbocycles. The summed E-state index contributed by atoms with van der Waals surface area (Å²) in [6, 6.07) is 16.8. The topological polar surface area (TPSA) is 347 Å². The number of aromatic amines is 3. The lowest BCUT2D eigenvalue weighted by Gasteiger charge is -2.15. The van der Waals surface area contributed by atoms with Gasteiger partial charge in [0.05, 0.1) is 106 Å². The van der Waals surface area contributed by atoms with E-state index in [0.29, 0.717) is 0 Å². The smallest absolute Gasteiger partial charge is 0.395 e. The Balaban J connectivity index is 0.000000234. The zero-order valence-corrected chi connectivity index (χ0v) is 45.6. The highest BCUT2D eigenvalue weighted by Crippen LogP contribution is 2.35. The van der Waals surface area contributed by atoms with Gasteiger partial charge in [0, 0.05) is 54.1 Å². The van der Waals surface area contributed by atoms with E-state index < -0.39 is 100 Å². The molecule has 6 atom stereocenters. The Morgan fingerprint density at radius 3 is 1.22 bits per heavy atom. The molecule has 0 fully saturated rings. The van der Waals surface area contributed by atoms with Gasteiger partial charge >= 0.3 is 30.0 Å². The van der Waals surface area contributed by atoms with Gasteiger partial charge in [-0.1, -0.05) is 0 Å². The molecule has 5 heterocycles. The Kier molecular flexibility index (Phi) is 19.9. The summed E-state index contributed by atoms with van der Waals surface area (Å²) < 4.78 is 123. The molecule has 0 saturated heterocycles. The van der Waals surface area contributed by atoms with Crippen LogP contribution in [0.4, 0.5) is 46.5 Å². The van der Waals surface area contributed by atoms with Gasteiger partial charge in [0.2, 0.25) is 0 Å². The molecule has 0 bridgehead atoms. The number of ether oxygens (including phenoxy) is 3. The summed E-state index contributed by atoms with van der Waals surface area (Å²) in [5.74, 6) is -17.3. The van der Waals surface area contributed by atoms with E-state index in [2.05, 4.69) is 55.6 Å². The minimum absolute atomic E-state index is 0.0120. The summed E-state index contributed by atoms with van der Waals surface area (Å²) in [7, 11) is 0. The summed E-state index contributed by atoms with van der Waals surface area (Å²) >= 11 is 0. The number of benzene rings is 4. The number of nitrogens with one attached hydrogen (secondary N) is 3. The number of pyridine rings is 2. The predicted octanol–water partition coefficient (Wildman–Crippen LogP) is 9.94. The number of aromatic nitrogens is 8. The monoisotopic (exact) mass is 1210 g/mol. The first-order valence-corrected chi connectivity index (χ1v) is 25.4. The van der Waals surface area contributed by atoms with Gasteiger partial charge in [0.15, 0.2) is 64.2 Å². The lowest BCUT2D eigenvalue weighted by molar-refractivity contribution is -0.144. The zero-order chi connectivity index (χ0) is 64.3. The number of nitrogens with two attached hydrogens (primary N) is 2. The molecule has 9 aromatic rings. The van der Waals surface area contributed by atoms with Crippen molar-refractivity contribution in [1.82, 2.24) is 39.9 Å². The number of nitrogens with zero attached hydrogens (tertiary/aromatic N) is 11. The number of halogens is 8. The molecule has 0 aliphatic heterocycles. The van der Waals surface area contributed by atoms with Crippen molar-refractivity contribution in [2.75, 3.05) is 31.3 Å². The molecule has 22 nitrogen and oxygen atoms in total. The average Bonchev–Trinajstić information content (AvgIpc) is 3.21. The van der Waals surface area contributed by atoms with Gasteiger partial charge in [0.1, 0.15) is 29.2 Å². The van der Waals surface area contributed by atoms with E-state index in [0.717, 1.165) is 48.5 Å². The number of rotatable bonds is 15. The third-order valence-electron chi connectivity index (χ3n) is 12.5. The van der Waals surface area contributed by atoms with Gasteiger partial charge in [-0.3, -0.25) is 24.3 Å². The van der Waals surface area contributed by atoms with Gasteiger partial charge in [-0.2, -0.15) is 21.0 Å². The number of H-pyrrole nitrogens is 3. The molecule has 6 unspecified atom stereocenters. The molecule has 0 saturated carbocycles. The number of anilines is 2. The van der Waals surface area contributed by atoms with E-state index in [-0.39, 0.29) is 116 Å². The Hall–Kier alpha value is -12.0. The summed E-state index contributed by atoms with van der Waals surface area (Å²) in [6.07, 6.45) is 0. The third kappa shape index (κ3) is 13.8. The molecule has 0 spiro atoms. The van der Waals surface area contributed by atoms with Crippen LogP contribution in [0.5, 0.6) is 0 Å². The summed E-state index contributed by atoms with van der Waals surface area (Å²) in [5, 5.41) is 39.4. The Labute approximate surface area is 491 Å². The summed E-state index contributed by atoms with van der Waals surface area (Å²) in [6.45, 7) is 20.1. The number of nitriles is 4. The van der Waals surface area contributed by atoms with Crippen molar-refractivity contribution < 1.29 is 63.7 Å². The third-order valence-corrected chi connectivity index (χ3v) is 12.5. The van der Waals surface area contributed by atoms with Crippen LogP contribution in [0, 0.1) is 105 Å². The quantitative estimate of drug-likeness (QED) is 0.0209. The van der Waals surface area contributed by atoms with E-state index in [1.165, 1.54) is 24.3 Å². The van der Waals surface area contributed by atoms with E-state index in [1.54, 1.807) is 32.9 Å². The van der Waals surface area contributed by atoms with E-state index >= 15 is 0 Å². The fourth-order valence-corrected chi connectivity index (χ4v) is 8.40. The molecule has 88 heavy (non-hydrogen) atoms. The van der Waals surface area contributed by atoms with Crippen LogP contribution in [0.3, 0.4) is 0 Å². The maximum absolute atomic E-state index is 13.9. The SMILES string of the molecule is Nc1cc(F)c(F)cc1N.[C-]#[N+]C(C(=O)OCC)c1cc(C(C#N)C(=O)OCC)nc(C(C#N)C(=O)OCC)c1.[C-]#[N+]C(c1cc(C(C#N)c2nc3cc(F)c(F)cc3[nH]2)cc(C(C#N)c2nc3cc(F)c(F)cc3[nH]2)n1)c1nc2cc(F)c(F)cc2[nH]1. The van der Waals surface area contributed by atoms with Crippen LogP contribution < -0.4 is 11.5 Å². The minimum atomic E-state index is -1.49. The van der Waals surface area contributed by atoms with Crippen LogP contribution in [0.15, 0.2) is 72.8 Å². The second-order valence-electron chi connectivity index (χ2n) is 18.2. The highest BCUT2D eigenvalue weighted by molar-refractivity contribution is 5.84. The van der Waals surface area contributed by atoms with Crippen molar-refractivity contribution >= 4 is 62.4 Å². The van der Waals surface area contributed by atoms with E-state index in [9.17, 15) is 70.6 Å². The second kappa shape index (κ2) is 27.6. The standard InChI is InChI=1S/C32H14F6N10.C20H20N4O6.C6H6F2N2/c1-41-29(32-47-26-8-19(37)20(38)9-27(26)48-32)28-3-12(13(10-39)30-43-22-4-15(33)16(34)5-23(22)44-30)2-21(42-28)14(11-40)31-45-24-6-17(35)18(36)7-25(24)46-31;1-5-28-18(25)13(10-21)15-8-12(17(23-4)20(27)30-7-3)9-16(24-15)14(11-22)19(26)29-6-2;7-3-1-5(9)6(10)2-4(3)8/h2-9,13-14,29H,(H,43,44)(H,45,46)(H,47,48);8-9,13-14,17H,5-7H2,1-3H3;1-2H,9-10H2. The number of imidazole rings is 3. The average molecular weight is 1210 g/mol. The fourth-order valence-electron chi connectivity index (χ4n) is 8.40. The van der Waals surface area contributed by atoms with Gasteiger partial charge in [-0.05, 0) is 50.6 Å². The predicted molar refractivity (Wildman–Crippen MR) is 291 cm³/mol.